The monoisotopic (exact) mass is 421 g/mol. The summed E-state index contributed by atoms with van der Waals surface area (Å²) in [5.74, 6) is 0.0537. The van der Waals surface area contributed by atoms with E-state index in [0.29, 0.717) is 0 Å². The number of rotatable bonds is 4. The molecule has 0 bridgehead atoms. The van der Waals surface area contributed by atoms with E-state index in [2.05, 4.69) is 9.29 Å². The maximum absolute atomic E-state index is 11.5. The topological polar surface area (TPSA) is 255 Å². The Hall–Kier alpha value is -1.22. The Morgan fingerprint density at radius 3 is 2.08 bits per heavy atom. The molecular weight excluding hydrogens is 404 g/mol. The van der Waals surface area contributed by atoms with Crippen molar-refractivity contribution in [2.75, 3.05) is 12.3 Å². The summed E-state index contributed by atoms with van der Waals surface area (Å²) in [4.78, 5) is 46.0. The lowest BCUT2D eigenvalue weighted by Crippen LogP contribution is -2.36. The molecule has 1 aliphatic heterocycles. The van der Waals surface area contributed by atoms with Gasteiger partial charge in [0, 0.05) is 6.20 Å². The fourth-order valence-corrected chi connectivity index (χ4v) is 2.98. The minimum atomic E-state index is -5.05. The number of nitrogen functional groups attached to an aromatic ring is 1. The molecule has 1 aromatic heterocycles. The SMILES string of the molecule is Nc1ccn([C@@H]2O[C@H](CO)[C@@H](O)[C@@H]2O)c(=O)n1.O=P(O)(O)OP(=O)(O)O. The Bertz CT molecular complexity index is 739. The number of aliphatic hydroxyl groups is 3. The zero-order chi connectivity index (χ0) is 20.3. The van der Waals surface area contributed by atoms with E-state index in [1.54, 1.807) is 0 Å². The molecule has 0 saturated carbocycles. The highest BCUT2D eigenvalue weighted by Crippen LogP contribution is 2.53. The third-order valence-corrected chi connectivity index (χ3v) is 4.56. The Balaban J connectivity index is 0.000000321. The highest BCUT2D eigenvalue weighted by Gasteiger charge is 2.43. The second kappa shape index (κ2) is 8.65. The molecular formula is C9H17N3O12P2. The maximum Gasteiger partial charge on any atom is 0.478 e. The number of hydrogen-bond donors (Lipinski definition) is 8. The van der Waals surface area contributed by atoms with E-state index in [1.165, 1.54) is 12.3 Å². The molecule has 2 rings (SSSR count). The molecule has 2 heterocycles. The number of aromatic nitrogens is 2. The Labute approximate surface area is 144 Å². The Morgan fingerprint density at radius 1 is 1.19 bits per heavy atom. The van der Waals surface area contributed by atoms with Crippen LogP contribution in [0.3, 0.4) is 0 Å². The molecule has 1 fully saturated rings. The first kappa shape index (κ1) is 22.8. The van der Waals surface area contributed by atoms with Gasteiger partial charge in [0.2, 0.25) is 0 Å². The minimum absolute atomic E-state index is 0.0537. The summed E-state index contributed by atoms with van der Waals surface area (Å²) in [7, 11) is -10.1. The number of nitrogens with two attached hydrogens (primary N) is 1. The van der Waals surface area contributed by atoms with Crippen LogP contribution in [0.5, 0.6) is 0 Å². The van der Waals surface area contributed by atoms with E-state index in [9.17, 15) is 24.1 Å². The van der Waals surface area contributed by atoms with Crippen LogP contribution in [0.4, 0.5) is 5.82 Å². The van der Waals surface area contributed by atoms with Gasteiger partial charge in [-0.2, -0.15) is 9.29 Å². The smallest absolute Gasteiger partial charge is 0.394 e. The second-order valence-electron chi connectivity index (χ2n) is 4.83. The number of aliphatic hydroxyl groups excluding tert-OH is 3. The summed E-state index contributed by atoms with van der Waals surface area (Å²) < 4.78 is 28.4. The van der Waals surface area contributed by atoms with Crippen LogP contribution in [0.15, 0.2) is 17.1 Å². The molecule has 0 amide bonds. The van der Waals surface area contributed by atoms with Gasteiger partial charge in [-0.25, -0.2) is 13.9 Å². The fourth-order valence-electron chi connectivity index (χ4n) is 1.87. The van der Waals surface area contributed by atoms with Crippen LogP contribution >= 0.6 is 15.6 Å². The van der Waals surface area contributed by atoms with Crippen LogP contribution in [-0.2, 0) is 18.2 Å². The van der Waals surface area contributed by atoms with Crippen molar-refractivity contribution in [2.24, 2.45) is 0 Å². The van der Waals surface area contributed by atoms with E-state index >= 15 is 0 Å². The highest BCUT2D eigenvalue weighted by molar-refractivity contribution is 7.60. The van der Waals surface area contributed by atoms with Gasteiger partial charge in [0.15, 0.2) is 6.23 Å². The average Bonchev–Trinajstić information content (AvgIpc) is 2.72. The summed E-state index contributed by atoms with van der Waals surface area (Å²) in [6.07, 6.45) is -3.27. The summed E-state index contributed by atoms with van der Waals surface area (Å²) in [5.41, 5.74) is 4.63. The number of phosphoric acid groups is 2. The van der Waals surface area contributed by atoms with Crippen molar-refractivity contribution in [3.63, 3.8) is 0 Å². The lowest BCUT2D eigenvalue weighted by Gasteiger charge is -2.16. The van der Waals surface area contributed by atoms with Crippen molar-refractivity contribution >= 4 is 21.5 Å². The summed E-state index contributed by atoms with van der Waals surface area (Å²) in [5, 5.41) is 28.2. The van der Waals surface area contributed by atoms with Gasteiger partial charge in [0.1, 0.15) is 24.1 Å². The van der Waals surface area contributed by atoms with Gasteiger partial charge < -0.3 is 45.4 Å². The number of hydrogen-bond acceptors (Lipinski definition) is 10. The van der Waals surface area contributed by atoms with E-state index in [0.717, 1.165) is 4.57 Å². The highest BCUT2D eigenvalue weighted by atomic mass is 31.3. The predicted octanol–water partition coefficient (Wildman–Crippen LogP) is -3.37. The first-order chi connectivity index (χ1) is 11.7. The molecule has 9 N–H and O–H groups in total. The van der Waals surface area contributed by atoms with Crippen LogP contribution in [0.25, 0.3) is 0 Å². The molecule has 150 valence electrons. The minimum Gasteiger partial charge on any atom is -0.394 e. The van der Waals surface area contributed by atoms with E-state index < -0.39 is 52.5 Å². The van der Waals surface area contributed by atoms with Gasteiger partial charge >= 0.3 is 21.3 Å². The van der Waals surface area contributed by atoms with Crippen LogP contribution in [0.2, 0.25) is 0 Å². The molecule has 0 aliphatic carbocycles. The zero-order valence-electron chi connectivity index (χ0n) is 12.7. The molecule has 0 aromatic carbocycles. The van der Waals surface area contributed by atoms with Gasteiger partial charge in [-0.1, -0.05) is 0 Å². The van der Waals surface area contributed by atoms with Gasteiger partial charge in [-0.3, -0.25) is 4.57 Å². The second-order valence-corrected chi connectivity index (χ2v) is 7.45. The molecule has 1 aromatic rings. The largest absolute Gasteiger partial charge is 0.478 e. The standard InChI is InChI=1S/C9H13N3O5.H4O7P2/c10-5-1-2-12(9(16)11-5)8-7(15)6(14)4(3-13)17-8;1-8(2,3)7-9(4,5)6/h1-2,4,6-8,13-15H,3H2,(H2,10,11,16);(H2,1,2,3)(H2,4,5,6)/t4-,6-,7+,8-;/m1./s1. The van der Waals surface area contributed by atoms with Crippen molar-refractivity contribution in [1.82, 2.24) is 9.55 Å². The fraction of sp³-hybridized carbons (Fsp3) is 0.556. The van der Waals surface area contributed by atoms with Crippen molar-refractivity contribution in [3.8, 4) is 0 Å². The molecule has 4 atom stereocenters. The normalized spacial score (nSPS) is 26.3. The lowest BCUT2D eigenvalue weighted by atomic mass is 10.1. The van der Waals surface area contributed by atoms with Gasteiger partial charge in [-0.05, 0) is 6.07 Å². The molecule has 17 heteroatoms. The van der Waals surface area contributed by atoms with Gasteiger partial charge in [0.05, 0.1) is 6.61 Å². The lowest BCUT2D eigenvalue weighted by molar-refractivity contribution is -0.0549. The number of nitrogens with zero attached hydrogens (tertiary/aromatic N) is 2. The first-order valence-corrected chi connectivity index (χ1v) is 9.61. The summed E-state index contributed by atoms with van der Waals surface area (Å²) in [6, 6.07) is 1.37. The third-order valence-electron chi connectivity index (χ3n) is 2.86. The first-order valence-electron chi connectivity index (χ1n) is 6.54. The van der Waals surface area contributed by atoms with Crippen molar-refractivity contribution in [3.05, 3.63) is 22.7 Å². The quantitative estimate of drug-likeness (QED) is 0.221. The number of ether oxygens (including phenoxy) is 1. The predicted molar refractivity (Wildman–Crippen MR) is 81.1 cm³/mol. The van der Waals surface area contributed by atoms with Crippen LogP contribution in [0.1, 0.15) is 6.23 Å². The van der Waals surface area contributed by atoms with Crippen molar-refractivity contribution in [1.29, 1.82) is 0 Å². The maximum atomic E-state index is 11.5. The Kier molecular flexibility index (Phi) is 7.59. The van der Waals surface area contributed by atoms with E-state index in [1.807, 2.05) is 0 Å². The van der Waals surface area contributed by atoms with Gasteiger partial charge in [-0.15, -0.1) is 0 Å². The zero-order valence-corrected chi connectivity index (χ0v) is 14.5. The molecule has 1 saturated heterocycles. The molecule has 0 radical (unpaired) electrons. The van der Waals surface area contributed by atoms with Crippen molar-refractivity contribution in [2.45, 2.75) is 24.5 Å². The van der Waals surface area contributed by atoms with Crippen LogP contribution in [-0.4, -0.2) is 69.4 Å². The summed E-state index contributed by atoms with van der Waals surface area (Å²) >= 11 is 0. The molecule has 0 spiro atoms. The van der Waals surface area contributed by atoms with Gasteiger partial charge in [0.25, 0.3) is 0 Å². The Morgan fingerprint density at radius 2 is 1.73 bits per heavy atom. The summed E-state index contributed by atoms with van der Waals surface area (Å²) in [6.45, 7) is -0.453. The molecule has 0 unspecified atom stereocenters. The third kappa shape index (κ3) is 6.83. The van der Waals surface area contributed by atoms with Crippen LogP contribution < -0.4 is 11.4 Å². The van der Waals surface area contributed by atoms with E-state index in [-0.39, 0.29) is 5.82 Å². The van der Waals surface area contributed by atoms with Crippen LogP contribution in [0, 0.1) is 0 Å². The van der Waals surface area contributed by atoms with E-state index in [4.69, 9.17) is 35.2 Å². The van der Waals surface area contributed by atoms with Crippen molar-refractivity contribution < 1.29 is 53.1 Å². The molecule has 1 aliphatic rings. The number of anilines is 1. The molecule has 26 heavy (non-hydrogen) atoms. The average molecular weight is 421 g/mol. The molecule has 15 nitrogen and oxygen atoms in total.